The van der Waals surface area contributed by atoms with Crippen molar-refractivity contribution >= 4 is 17.9 Å². The lowest BCUT2D eigenvalue weighted by atomic mass is 10.1. The van der Waals surface area contributed by atoms with Gasteiger partial charge in [0.1, 0.15) is 0 Å². The monoisotopic (exact) mass is 300 g/mol. The number of carbonyl (C=O) groups excluding carboxylic acids is 2. The fourth-order valence-corrected chi connectivity index (χ4v) is 1.96. The van der Waals surface area contributed by atoms with Crippen molar-refractivity contribution in [3.8, 4) is 0 Å². The van der Waals surface area contributed by atoms with Gasteiger partial charge in [-0.3, -0.25) is 9.59 Å². The van der Waals surface area contributed by atoms with Crippen LogP contribution in [-0.4, -0.2) is 24.4 Å². The average molecular weight is 300 g/mol. The van der Waals surface area contributed by atoms with Crippen molar-refractivity contribution in [2.24, 2.45) is 5.92 Å². The van der Waals surface area contributed by atoms with Crippen molar-refractivity contribution in [2.75, 3.05) is 6.54 Å². The number of rotatable bonds is 7. The van der Waals surface area contributed by atoms with E-state index >= 15 is 0 Å². The van der Waals surface area contributed by atoms with Gasteiger partial charge in [-0.1, -0.05) is 26.0 Å². The predicted octanol–water partition coefficient (Wildman–Crippen LogP) is 2.75. The first-order valence-electron chi connectivity index (χ1n) is 7.91. The lowest BCUT2D eigenvalue weighted by molar-refractivity contribution is -0.116. The molecule has 2 rings (SSSR count). The maximum atomic E-state index is 11.9. The smallest absolute Gasteiger partial charge is 0.251 e. The molecular formula is C18H24N2O2. The quantitative estimate of drug-likeness (QED) is 0.761. The number of hydrogen-bond acceptors (Lipinski definition) is 2. The summed E-state index contributed by atoms with van der Waals surface area (Å²) in [6, 6.07) is 7.63. The summed E-state index contributed by atoms with van der Waals surface area (Å²) in [6.07, 6.45) is 6.42. The van der Waals surface area contributed by atoms with Crippen LogP contribution in [0.1, 0.15) is 49.0 Å². The molecule has 1 aromatic rings. The van der Waals surface area contributed by atoms with E-state index in [1.54, 1.807) is 18.2 Å². The van der Waals surface area contributed by atoms with E-state index in [1.807, 2.05) is 12.1 Å². The topological polar surface area (TPSA) is 58.2 Å². The summed E-state index contributed by atoms with van der Waals surface area (Å²) in [5.74, 6) is 0.472. The summed E-state index contributed by atoms with van der Waals surface area (Å²) < 4.78 is 0. The largest absolute Gasteiger partial charge is 0.353 e. The first-order valence-corrected chi connectivity index (χ1v) is 7.91. The highest BCUT2D eigenvalue weighted by molar-refractivity contribution is 5.95. The second kappa shape index (κ2) is 7.78. The van der Waals surface area contributed by atoms with Crippen LogP contribution in [0.3, 0.4) is 0 Å². The number of amides is 2. The minimum atomic E-state index is -0.0868. The average Bonchev–Trinajstić information content (AvgIpc) is 3.29. The summed E-state index contributed by atoms with van der Waals surface area (Å²) >= 11 is 0. The molecule has 4 heteroatoms. The van der Waals surface area contributed by atoms with E-state index in [1.165, 1.54) is 6.08 Å². The number of benzene rings is 1. The van der Waals surface area contributed by atoms with Gasteiger partial charge in [0.05, 0.1) is 0 Å². The molecule has 2 amide bonds. The van der Waals surface area contributed by atoms with Crippen molar-refractivity contribution < 1.29 is 9.59 Å². The van der Waals surface area contributed by atoms with Gasteiger partial charge in [0.25, 0.3) is 5.91 Å². The van der Waals surface area contributed by atoms with Crippen molar-refractivity contribution in [3.63, 3.8) is 0 Å². The highest BCUT2D eigenvalue weighted by Gasteiger charge is 2.23. The summed E-state index contributed by atoms with van der Waals surface area (Å²) in [6.45, 7) is 4.95. The van der Waals surface area contributed by atoms with E-state index in [9.17, 15) is 9.59 Å². The zero-order valence-electron chi connectivity index (χ0n) is 13.3. The molecule has 0 bridgehead atoms. The molecule has 1 saturated carbocycles. The molecule has 0 unspecified atom stereocenters. The van der Waals surface area contributed by atoms with Gasteiger partial charge in [0.15, 0.2) is 0 Å². The predicted molar refractivity (Wildman–Crippen MR) is 88.4 cm³/mol. The van der Waals surface area contributed by atoms with E-state index in [-0.39, 0.29) is 11.8 Å². The fourth-order valence-electron chi connectivity index (χ4n) is 1.96. The molecule has 22 heavy (non-hydrogen) atoms. The van der Waals surface area contributed by atoms with E-state index in [0.717, 1.165) is 24.8 Å². The van der Waals surface area contributed by atoms with Crippen LogP contribution >= 0.6 is 0 Å². The maximum Gasteiger partial charge on any atom is 0.251 e. The van der Waals surface area contributed by atoms with E-state index in [0.29, 0.717) is 24.1 Å². The molecule has 118 valence electrons. The van der Waals surface area contributed by atoms with Crippen LogP contribution < -0.4 is 10.6 Å². The van der Waals surface area contributed by atoms with Gasteiger partial charge in [0.2, 0.25) is 5.91 Å². The van der Waals surface area contributed by atoms with Gasteiger partial charge in [-0.2, -0.15) is 0 Å². The number of carbonyl (C=O) groups is 2. The number of nitrogens with one attached hydrogen (secondary N) is 2. The minimum absolute atomic E-state index is 0.0236. The lowest BCUT2D eigenvalue weighted by Crippen LogP contribution is -2.25. The van der Waals surface area contributed by atoms with Crippen LogP contribution in [0, 0.1) is 5.92 Å². The molecule has 4 nitrogen and oxygen atoms in total. The van der Waals surface area contributed by atoms with Crippen LogP contribution in [0.4, 0.5) is 0 Å². The van der Waals surface area contributed by atoms with Crippen LogP contribution in [-0.2, 0) is 4.79 Å². The van der Waals surface area contributed by atoms with Gasteiger partial charge < -0.3 is 10.6 Å². The first-order chi connectivity index (χ1) is 10.5. The third-order valence-electron chi connectivity index (χ3n) is 3.53. The Morgan fingerprint density at radius 1 is 1.23 bits per heavy atom. The highest BCUT2D eigenvalue weighted by atomic mass is 16.2. The van der Waals surface area contributed by atoms with Crippen LogP contribution in [0.15, 0.2) is 30.3 Å². The van der Waals surface area contributed by atoms with Crippen LogP contribution in [0.5, 0.6) is 0 Å². The zero-order valence-corrected chi connectivity index (χ0v) is 13.3. The molecule has 1 aliphatic rings. The lowest BCUT2D eigenvalue weighted by Gasteiger charge is -2.05. The summed E-state index contributed by atoms with van der Waals surface area (Å²) in [5, 5.41) is 5.80. The van der Waals surface area contributed by atoms with Crippen LogP contribution in [0.2, 0.25) is 0 Å². The standard InChI is InChI=1S/C18H24N2O2/c1-13(2)11-12-19-17(21)10-5-14-3-6-15(7-4-14)18(22)20-16-8-9-16/h3-7,10,13,16H,8-9,11-12H2,1-2H3,(H,19,21)(H,20,22)/b10-5+. The zero-order chi connectivity index (χ0) is 15.9. The molecule has 0 saturated heterocycles. The molecule has 1 fully saturated rings. The molecule has 2 N–H and O–H groups in total. The second-order valence-corrected chi connectivity index (χ2v) is 6.18. The highest BCUT2D eigenvalue weighted by Crippen LogP contribution is 2.19. The Balaban J connectivity index is 1.80. The van der Waals surface area contributed by atoms with Gasteiger partial charge in [-0.25, -0.2) is 0 Å². The van der Waals surface area contributed by atoms with Gasteiger partial charge in [-0.05, 0) is 49.0 Å². The van der Waals surface area contributed by atoms with Crippen molar-refractivity contribution in [2.45, 2.75) is 39.2 Å². The SMILES string of the molecule is CC(C)CCNC(=O)/C=C/c1ccc(C(=O)NC2CC2)cc1. The van der Waals surface area contributed by atoms with E-state index in [4.69, 9.17) is 0 Å². The Morgan fingerprint density at radius 3 is 2.50 bits per heavy atom. The minimum Gasteiger partial charge on any atom is -0.353 e. The summed E-state index contributed by atoms with van der Waals surface area (Å²) in [7, 11) is 0. The van der Waals surface area contributed by atoms with E-state index < -0.39 is 0 Å². The molecule has 1 aliphatic carbocycles. The van der Waals surface area contributed by atoms with Gasteiger partial charge >= 0.3 is 0 Å². The molecular weight excluding hydrogens is 276 g/mol. The van der Waals surface area contributed by atoms with Crippen LogP contribution in [0.25, 0.3) is 6.08 Å². The van der Waals surface area contributed by atoms with Crippen molar-refractivity contribution in [1.82, 2.24) is 10.6 Å². The second-order valence-electron chi connectivity index (χ2n) is 6.18. The Labute approximate surface area is 132 Å². The van der Waals surface area contributed by atoms with Crippen molar-refractivity contribution in [1.29, 1.82) is 0 Å². The Bertz CT molecular complexity index is 543. The van der Waals surface area contributed by atoms with Crippen molar-refractivity contribution in [3.05, 3.63) is 41.5 Å². The fraction of sp³-hybridized carbons (Fsp3) is 0.444. The normalized spacial score (nSPS) is 14.3. The summed E-state index contributed by atoms with van der Waals surface area (Å²) in [4.78, 5) is 23.5. The number of hydrogen-bond donors (Lipinski definition) is 2. The maximum absolute atomic E-state index is 11.9. The summed E-state index contributed by atoms with van der Waals surface area (Å²) in [5.41, 5.74) is 1.56. The first kappa shape index (κ1) is 16.3. The molecule has 0 aliphatic heterocycles. The van der Waals surface area contributed by atoms with Gasteiger partial charge in [-0.15, -0.1) is 0 Å². The molecule has 0 radical (unpaired) electrons. The molecule has 0 atom stereocenters. The molecule has 1 aromatic carbocycles. The Kier molecular flexibility index (Phi) is 5.75. The molecule has 0 aromatic heterocycles. The third kappa shape index (κ3) is 5.72. The molecule has 0 spiro atoms. The van der Waals surface area contributed by atoms with E-state index in [2.05, 4.69) is 24.5 Å². The van der Waals surface area contributed by atoms with Gasteiger partial charge in [0, 0.05) is 24.2 Å². The Hall–Kier alpha value is -2.10. The molecule has 0 heterocycles. The third-order valence-corrected chi connectivity index (χ3v) is 3.53. The Morgan fingerprint density at radius 2 is 1.91 bits per heavy atom.